The van der Waals surface area contributed by atoms with E-state index in [4.69, 9.17) is 0 Å². The summed E-state index contributed by atoms with van der Waals surface area (Å²) in [5.41, 5.74) is 6.46. The first-order valence-electron chi connectivity index (χ1n) is 7.88. The average molecular weight is 285 g/mol. The highest BCUT2D eigenvalue weighted by atomic mass is 15.3. The van der Waals surface area contributed by atoms with Crippen molar-refractivity contribution in [1.29, 1.82) is 0 Å². The number of nitrogens with zero attached hydrogens (tertiary/aromatic N) is 2. The third-order valence-corrected chi connectivity index (χ3v) is 3.83. The van der Waals surface area contributed by atoms with Crippen LogP contribution in [0.4, 0.5) is 0 Å². The zero-order chi connectivity index (χ0) is 15.4. The molecule has 0 fully saturated rings. The maximum absolute atomic E-state index is 4.51. The van der Waals surface area contributed by atoms with Crippen molar-refractivity contribution < 1.29 is 0 Å². The molecule has 1 heterocycles. The normalized spacial score (nSPS) is 11.3. The topological polar surface area (TPSA) is 29.9 Å². The molecule has 0 atom stereocenters. The standard InChI is InChI=1S/C18H27N3/c1-6-9-21-15(5)18(12-20-21)17-8-7-16(10-14(17)4)11-19-13(2)3/h7-8,10,12-13,19H,6,9,11H2,1-5H3. The Hall–Kier alpha value is -1.61. The molecular formula is C18H27N3. The summed E-state index contributed by atoms with van der Waals surface area (Å²) in [4.78, 5) is 0. The number of nitrogens with one attached hydrogen (secondary N) is 1. The van der Waals surface area contributed by atoms with Crippen molar-refractivity contribution in [3.63, 3.8) is 0 Å². The highest BCUT2D eigenvalue weighted by molar-refractivity contribution is 5.69. The molecule has 0 spiro atoms. The number of hydrogen-bond donors (Lipinski definition) is 1. The van der Waals surface area contributed by atoms with Gasteiger partial charge in [0, 0.05) is 30.4 Å². The molecule has 0 saturated carbocycles. The van der Waals surface area contributed by atoms with Crippen molar-refractivity contribution >= 4 is 0 Å². The maximum atomic E-state index is 4.51. The van der Waals surface area contributed by atoms with Crippen LogP contribution in [-0.2, 0) is 13.1 Å². The molecule has 0 bridgehead atoms. The van der Waals surface area contributed by atoms with Crippen molar-refractivity contribution in [3.05, 3.63) is 41.2 Å². The van der Waals surface area contributed by atoms with Crippen LogP contribution in [0, 0.1) is 13.8 Å². The van der Waals surface area contributed by atoms with Crippen LogP contribution in [0.15, 0.2) is 24.4 Å². The van der Waals surface area contributed by atoms with Crippen LogP contribution in [0.1, 0.15) is 44.0 Å². The van der Waals surface area contributed by atoms with E-state index in [1.165, 1.54) is 27.9 Å². The first-order valence-corrected chi connectivity index (χ1v) is 7.88. The first kappa shape index (κ1) is 15.8. The lowest BCUT2D eigenvalue weighted by Crippen LogP contribution is -2.21. The van der Waals surface area contributed by atoms with Gasteiger partial charge in [-0.1, -0.05) is 39.0 Å². The van der Waals surface area contributed by atoms with E-state index < -0.39 is 0 Å². The Balaban J connectivity index is 2.24. The van der Waals surface area contributed by atoms with E-state index in [0.29, 0.717) is 6.04 Å². The second kappa shape index (κ2) is 6.90. The van der Waals surface area contributed by atoms with Gasteiger partial charge in [-0.2, -0.15) is 5.10 Å². The molecule has 1 N–H and O–H groups in total. The fourth-order valence-corrected chi connectivity index (χ4v) is 2.61. The summed E-state index contributed by atoms with van der Waals surface area (Å²) < 4.78 is 2.10. The quantitative estimate of drug-likeness (QED) is 0.867. The first-order chi connectivity index (χ1) is 10.0. The number of hydrogen-bond acceptors (Lipinski definition) is 2. The number of benzene rings is 1. The van der Waals surface area contributed by atoms with Gasteiger partial charge in [-0.05, 0) is 37.0 Å². The summed E-state index contributed by atoms with van der Waals surface area (Å²) in [6.45, 7) is 12.8. The van der Waals surface area contributed by atoms with Crippen LogP contribution in [0.3, 0.4) is 0 Å². The molecule has 0 unspecified atom stereocenters. The maximum Gasteiger partial charge on any atom is 0.0571 e. The molecule has 0 aliphatic heterocycles. The van der Waals surface area contributed by atoms with Crippen molar-refractivity contribution in [1.82, 2.24) is 15.1 Å². The van der Waals surface area contributed by atoms with E-state index in [0.717, 1.165) is 19.5 Å². The molecule has 3 heteroatoms. The summed E-state index contributed by atoms with van der Waals surface area (Å²) in [5.74, 6) is 0. The van der Waals surface area contributed by atoms with Gasteiger partial charge in [-0.15, -0.1) is 0 Å². The minimum Gasteiger partial charge on any atom is -0.310 e. The van der Waals surface area contributed by atoms with Crippen molar-refractivity contribution in [2.75, 3.05) is 0 Å². The van der Waals surface area contributed by atoms with Crippen molar-refractivity contribution in [2.45, 2.75) is 60.2 Å². The zero-order valence-electron chi connectivity index (χ0n) is 13.9. The van der Waals surface area contributed by atoms with E-state index in [1.807, 2.05) is 6.20 Å². The van der Waals surface area contributed by atoms with Crippen molar-refractivity contribution in [3.8, 4) is 11.1 Å². The van der Waals surface area contributed by atoms with Gasteiger partial charge in [-0.3, -0.25) is 4.68 Å². The van der Waals surface area contributed by atoms with E-state index in [9.17, 15) is 0 Å². The van der Waals surface area contributed by atoms with E-state index in [2.05, 4.69) is 67.9 Å². The smallest absolute Gasteiger partial charge is 0.0571 e. The van der Waals surface area contributed by atoms with Crippen LogP contribution >= 0.6 is 0 Å². The van der Waals surface area contributed by atoms with Gasteiger partial charge >= 0.3 is 0 Å². The number of rotatable bonds is 6. The molecule has 2 aromatic rings. The number of aromatic nitrogens is 2. The zero-order valence-corrected chi connectivity index (χ0v) is 13.9. The Kier molecular flexibility index (Phi) is 5.18. The lowest BCUT2D eigenvalue weighted by molar-refractivity contribution is 0.587. The lowest BCUT2D eigenvalue weighted by atomic mass is 9.99. The minimum atomic E-state index is 0.513. The van der Waals surface area contributed by atoms with E-state index in [-0.39, 0.29) is 0 Å². The average Bonchev–Trinajstić information content (AvgIpc) is 2.79. The summed E-state index contributed by atoms with van der Waals surface area (Å²) in [5, 5.41) is 7.97. The largest absolute Gasteiger partial charge is 0.310 e. The molecule has 0 saturated heterocycles. The van der Waals surface area contributed by atoms with Gasteiger partial charge in [0.25, 0.3) is 0 Å². The third kappa shape index (κ3) is 3.73. The Bertz CT molecular complexity index is 597. The Morgan fingerprint density at radius 3 is 2.57 bits per heavy atom. The lowest BCUT2D eigenvalue weighted by Gasteiger charge is -2.11. The fourth-order valence-electron chi connectivity index (χ4n) is 2.61. The third-order valence-electron chi connectivity index (χ3n) is 3.83. The molecule has 0 radical (unpaired) electrons. The van der Waals surface area contributed by atoms with Crippen LogP contribution < -0.4 is 5.32 Å². The molecule has 0 aliphatic rings. The van der Waals surface area contributed by atoms with Crippen LogP contribution in [-0.4, -0.2) is 15.8 Å². The predicted octanol–water partition coefficient (Wildman–Crippen LogP) is 4.07. The summed E-state index contributed by atoms with van der Waals surface area (Å²) in [6, 6.07) is 7.24. The van der Waals surface area contributed by atoms with Gasteiger partial charge in [0.1, 0.15) is 0 Å². The van der Waals surface area contributed by atoms with Gasteiger partial charge in [0.05, 0.1) is 6.20 Å². The van der Waals surface area contributed by atoms with E-state index in [1.54, 1.807) is 0 Å². The Labute approximate surface area is 128 Å². The monoisotopic (exact) mass is 285 g/mol. The molecule has 2 rings (SSSR count). The van der Waals surface area contributed by atoms with Gasteiger partial charge in [0.2, 0.25) is 0 Å². The minimum absolute atomic E-state index is 0.513. The summed E-state index contributed by atoms with van der Waals surface area (Å²) in [7, 11) is 0. The highest BCUT2D eigenvalue weighted by Gasteiger charge is 2.10. The van der Waals surface area contributed by atoms with Crippen LogP contribution in [0.25, 0.3) is 11.1 Å². The molecular weight excluding hydrogens is 258 g/mol. The molecule has 3 nitrogen and oxygen atoms in total. The summed E-state index contributed by atoms with van der Waals surface area (Å²) in [6.07, 6.45) is 3.11. The SMILES string of the molecule is CCCn1ncc(-c2ccc(CNC(C)C)cc2C)c1C. The van der Waals surface area contributed by atoms with Gasteiger partial charge in [0.15, 0.2) is 0 Å². The van der Waals surface area contributed by atoms with Crippen LogP contribution in [0.2, 0.25) is 0 Å². The predicted molar refractivity (Wildman–Crippen MR) is 89.4 cm³/mol. The van der Waals surface area contributed by atoms with E-state index >= 15 is 0 Å². The van der Waals surface area contributed by atoms with Crippen molar-refractivity contribution in [2.24, 2.45) is 0 Å². The Morgan fingerprint density at radius 1 is 1.19 bits per heavy atom. The van der Waals surface area contributed by atoms with Gasteiger partial charge in [-0.25, -0.2) is 0 Å². The van der Waals surface area contributed by atoms with Gasteiger partial charge < -0.3 is 5.32 Å². The molecule has 0 amide bonds. The molecule has 21 heavy (non-hydrogen) atoms. The Morgan fingerprint density at radius 2 is 1.95 bits per heavy atom. The number of aryl methyl sites for hydroxylation is 2. The fraction of sp³-hybridized carbons (Fsp3) is 0.500. The molecule has 1 aromatic carbocycles. The highest BCUT2D eigenvalue weighted by Crippen LogP contribution is 2.27. The second-order valence-electron chi connectivity index (χ2n) is 6.05. The molecule has 0 aliphatic carbocycles. The van der Waals surface area contributed by atoms with Crippen LogP contribution in [0.5, 0.6) is 0 Å². The second-order valence-corrected chi connectivity index (χ2v) is 6.05. The molecule has 114 valence electrons. The summed E-state index contributed by atoms with van der Waals surface area (Å²) >= 11 is 0. The molecule has 1 aromatic heterocycles.